The van der Waals surface area contributed by atoms with Crippen molar-refractivity contribution in [3.63, 3.8) is 0 Å². The fourth-order valence-electron chi connectivity index (χ4n) is 1.96. The number of nitrogens with two attached hydrogens (primary N) is 1. The highest BCUT2D eigenvalue weighted by molar-refractivity contribution is 9.10. The van der Waals surface area contributed by atoms with E-state index in [-0.39, 0.29) is 12.5 Å². The van der Waals surface area contributed by atoms with Crippen LogP contribution in [0.4, 0.5) is 0 Å². The van der Waals surface area contributed by atoms with Gasteiger partial charge in [-0.05, 0) is 29.7 Å². The van der Waals surface area contributed by atoms with Crippen LogP contribution in [0.25, 0.3) is 0 Å². The Bertz CT molecular complexity index is 435. The second kappa shape index (κ2) is 7.50. The van der Waals surface area contributed by atoms with Gasteiger partial charge in [0, 0.05) is 17.6 Å². The fourth-order valence-corrected chi connectivity index (χ4v) is 2.33. The minimum atomic E-state index is -0.306. The Hall–Kier alpha value is -1.07. The zero-order chi connectivity index (χ0) is 14.4. The average Bonchev–Trinajstić information content (AvgIpc) is 2.30. The molecule has 1 rings (SSSR count). The molecule has 19 heavy (non-hydrogen) atoms. The number of primary amides is 1. The topological polar surface area (TPSA) is 55.6 Å². The van der Waals surface area contributed by atoms with Gasteiger partial charge in [0.25, 0.3) is 0 Å². The summed E-state index contributed by atoms with van der Waals surface area (Å²) in [7, 11) is 1.64. The Morgan fingerprint density at radius 1 is 1.47 bits per heavy atom. The predicted molar refractivity (Wildman–Crippen MR) is 80.0 cm³/mol. The third-order valence-electron chi connectivity index (χ3n) is 2.65. The number of hydrogen-bond acceptors (Lipinski definition) is 3. The molecule has 0 saturated heterocycles. The lowest BCUT2D eigenvalue weighted by molar-refractivity contribution is -0.119. The maximum atomic E-state index is 11.1. The van der Waals surface area contributed by atoms with Crippen molar-refractivity contribution in [3.8, 4) is 5.75 Å². The van der Waals surface area contributed by atoms with Crippen molar-refractivity contribution in [2.24, 2.45) is 11.7 Å². The molecule has 0 aliphatic heterocycles. The van der Waals surface area contributed by atoms with E-state index in [1.54, 1.807) is 7.11 Å². The highest BCUT2D eigenvalue weighted by Gasteiger charge is 2.13. The Labute approximate surface area is 123 Å². The van der Waals surface area contributed by atoms with Crippen LogP contribution in [0.15, 0.2) is 22.7 Å². The van der Waals surface area contributed by atoms with E-state index in [4.69, 9.17) is 10.5 Å². The molecule has 2 N–H and O–H groups in total. The van der Waals surface area contributed by atoms with Crippen LogP contribution in [0, 0.1) is 5.92 Å². The van der Waals surface area contributed by atoms with Gasteiger partial charge in [0.1, 0.15) is 5.75 Å². The van der Waals surface area contributed by atoms with Crippen molar-refractivity contribution < 1.29 is 9.53 Å². The van der Waals surface area contributed by atoms with Crippen molar-refractivity contribution in [2.75, 3.05) is 20.2 Å². The molecule has 1 aromatic carbocycles. The van der Waals surface area contributed by atoms with Crippen LogP contribution >= 0.6 is 15.9 Å². The number of hydrogen-bond donors (Lipinski definition) is 1. The molecule has 5 heteroatoms. The van der Waals surface area contributed by atoms with Gasteiger partial charge in [0.15, 0.2) is 0 Å². The van der Waals surface area contributed by atoms with Gasteiger partial charge in [-0.15, -0.1) is 0 Å². The molecule has 0 unspecified atom stereocenters. The number of amides is 1. The van der Waals surface area contributed by atoms with Crippen molar-refractivity contribution in [1.82, 2.24) is 4.90 Å². The second-order valence-electron chi connectivity index (χ2n) is 4.99. The lowest BCUT2D eigenvalue weighted by Gasteiger charge is -2.23. The van der Waals surface area contributed by atoms with E-state index >= 15 is 0 Å². The summed E-state index contributed by atoms with van der Waals surface area (Å²) in [6, 6.07) is 5.82. The van der Waals surface area contributed by atoms with E-state index in [2.05, 4.69) is 29.8 Å². The number of carbonyl (C=O) groups excluding carboxylic acids is 1. The molecule has 1 aromatic rings. The van der Waals surface area contributed by atoms with Gasteiger partial charge in [0.05, 0.1) is 13.7 Å². The summed E-state index contributed by atoms with van der Waals surface area (Å²) in [5, 5.41) is 0. The number of rotatable bonds is 7. The van der Waals surface area contributed by atoms with Gasteiger partial charge in [-0.1, -0.05) is 29.8 Å². The van der Waals surface area contributed by atoms with Crippen molar-refractivity contribution in [3.05, 3.63) is 28.2 Å². The van der Waals surface area contributed by atoms with Gasteiger partial charge in [-0.25, -0.2) is 0 Å². The standard InChI is InChI=1S/C14H21BrN2O2/c1-10(2)7-17(9-14(16)18)8-11-6-12(19-3)4-5-13(11)15/h4-6,10H,7-9H2,1-3H3,(H2,16,18). The first-order chi connectivity index (χ1) is 8.92. The van der Waals surface area contributed by atoms with Crippen molar-refractivity contribution in [2.45, 2.75) is 20.4 Å². The molecule has 0 bridgehead atoms. The zero-order valence-electron chi connectivity index (χ0n) is 11.6. The number of methoxy groups -OCH3 is 1. The number of ether oxygens (including phenoxy) is 1. The van der Waals surface area contributed by atoms with Crippen molar-refractivity contribution in [1.29, 1.82) is 0 Å². The largest absolute Gasteiger partial charge is 0.497 e. The van der Waals surface area contributed by atoms with E-state index in [9.17, 15) is 4.79 Å². The molecule has 0 saturated carbocycles. The molecular weight excluding hydrogens is 308 g/mol. The first-order valence-electron chi connectivity index (χ1n) is 6.25. The van der Waals surface area contributed by atoms with Gasteiger partial charge in [-0.2, -0.15) is 0 Å². The summed E-state index contributed by atoms with van der Waals surface area (Å²) in [5.74, 6) is 0.977. The van der Waals surface area contributed by atoms with Gasteiger partial charge < -0.3 is 10.5 Å². The van der Waals surface area contributed by atoms with Gasteiger partial charge >= 0.3 is 0 Å². The molecule has 0 aromatic heterocycles. The smallest absolute Gasteiger partial charge is 0.231 e. The lowest BCUT2D eigenvalue weighted by atomic mass is 10.1. The number of halogens is 1. The normalized spacial score (nSPS) is 11.1. The van der Waals surface area contributed by atoms with Gasteiger partial charge in [-0.3, -0.25) is 9.69 Å². The third kappa shape index (κ3) is 5.61. The molecule has 0 aliphatic rings. The Morgan fingerprint density at radius 2 is 2.16 bits per heavy atom. The van der Waals surface area contributed by atoms with E-state index < -0.39 is 0 Å². The van der Waals surface area contributed by atoms with Gasteiger partial charge in [0.2, 0.25) is 5.91 Å². The summed E-state index contributed by atoms with van der Waals surface area (Å²) in [5.41, 5.74) is 6.38. The predicted octanol–water partition coefficient (Wildman–Crippen LogP) is 2.40. The molecule has 1 amide bonds. The fraction of sp³-hybridized carbons (Fsp3) is 0.500. The van der Waals surface area contributed by atoms with Crippen LogP contribution in [0.5, 0.6) is 5.75 Å². The number of nitrogens with zero attached hydrogens (tertiary/aromatic N) is 1. The molecule has 0 aliphatic carbocycles. The summed E-state index contributed by atoms with van der Waals surface area (Å²) in [6.45, 7) is 6.00. The van der Waals surface area contributed by atoms with E-state index in [1.165, 1.54) is 0 Å². The van der Waals surface area contributed by atoms with E-state index in [1.807, 2.05) is 23.1 Å². The quantitative estimate of drug-likeness (QED) is 0.836. The lowest BCUT2D eigenvalue weighted by Crippen LogP contribution is -2.35. The summed E-state index contributed by atoms with van der Waals surface area (Å²) < 4.78 is 6.23. The molecule has 0 fully saturated rings. The zero-order valence-corrected chi connectivity index (χ0v) is 13.2. The third-order valence-corrected chi connectivity index (χ3v) is 3.42. The van der Waals surface area contributed by atoms with Crippen LogP contribution in [-0.4, -0.2) is 31.0 Å². The van der Waals surface area contributed by atoms with Crippen LogP contribution in [0.3, 0.4) is 0 Å². The molecule has 0 heterocycles. The Balaban J connectivity index is 2.85. The Kier molecular flexibility index (Phi) is 6.31. The monoisotopic (exact) mass is 328 g/mol. The summed E-state index contributed by atoms with van der Waals surface area (Å²) in [6.07, 6.45) is 0. The maximum absolute atomic E-state index is 11.1. The molecule has 4 nitrogen and oxygen atoms in total. The molecular formula is C14H21BrN2O2. The van der Waals surface area contributed by atoms with Crippen LogP contribution in [0.1, 0.15) is 19.4 Å². The molecule has 0 spiro atoms. The molecule has 0 atom stereocenters. The molecule has 0 radical (unpaired) electrons. The summed E-state index contributed by atoms with van der Waals surface area (Å²) in [4.78, 5) is 13.2. The highest BCUT2D eigenvalue weighted by Crippen LogP contribution is 2.24. The summed E-state index contributed by atoms with van der Waals surface area (Å²) >= 11 is 3.52. The van der Waals surface area contributed by atoms with Crippen molar-refractivity contribution >= 4 is 21.8 Å². The minimum absolute atomic E-state index is 0.266. The minimum Gasteiger partial charge on any atom is -0.497 e. The van der Waals surface area contributed by atoms with Crippen LogP contribution in [0.2, 0.25) is 0 Å². The van der Waals surface area contributed by atoms with E-state index in [0.29, 0.717) is 12.5 Å². The molecule has 106 valence electrons. The SMILES string of the molecule is COc1ccc(Br)c(CN(CC(N)=O)CC(C)C)c1. The maximum Gasteiger partial charge on any atom is 0.231 e. The first-order valence-corrected chi connectivity index (χ1v) is 7.04. The van der Waals surface area contributed by atoms with Crippen LogP contribution < -0.4 is 10.5 Å². The first kappa shape index (κ1) is 16.0. The van der Waals surface area contributed by atoms with Crippen LogP contribution in [-0.2, 0) is 11.3 Å². The number of carbonyl (C=O) groups is 1. The number of benzene rings is 1. The highest BCUT2D eigenvalue weighted by atomic mass is 79.9. The average molecular weight is 329 g/mol. The van der Waals surface area contributed by atoms with E-state index in [0.717, 1.165) is 22.3 Å². The second-order valence-corrected chi connectivity index (χ2v) is 5.84. The Morgan fingerprint density at radius 3 is 2.68 bits per heavy atom.